The second-order valence-electron chi connectivity index (χ2n) is 5.16. The van der Waals surface area contributed by atoms with Gasteiger partial charge in [-0.2, -0.15) is 8.42 Å². The first-order valence-electron chi connectivity index (χ1n) is 7.24. The SMILES string of the molecule is Cc1ccccc1S(=O)(=O)OC[C@@H](O)COCc1ccccc1. The molecule has 1 atom stereocenters. The highest BCUT2D eigenvalue weighted by Crippen LogP contribution is 2.17. The molecule has 6 heteroatoms. The second-order valence-corrected chi connectivity index (χ2v) is 6.74. The maximum atomic E-state index is 12.1. The van der Waals surface area contributed by atoms with Crippen molar-refractivity contribution < 1.29 is 22.4 Å². The van der Waals surface area contributed by atoms with E-state index in [2.05, 4.69) is 0 Å². The lowest BCUT2D eigenvalue weighted by molar-refractivity contribution is 0.00668. The van der Waals surface area contributed by atoms with Crippen LogP contribution in [0.3, 0.4) is 0 Å². The zero-order valence-electron chi connectivity index (χ0n) is 12.9. The van der Waals surface area contributed by atoms with Crippen molar-refractivity contribution in [3.05, 3.63) is 65.7 Å². The number of aliphatic hydroxyl groups is 1. The highest BCUT2D eigenvalue weighted by molar-refractivity contribution is 7.86. The molecule has 0 aliphatic rings. The summed E-state index contributed by atoms with van der Waals surface area (Å²) in [6, 6.07) is 16.1. The van der Waals surface area contributed by atoms with E-state index in [-0.39, 0.29) is 18.1 Å². The lowest BCUT2D eigenvalue weighted by atomic mass is 10.2. The molecule has 5 nitrogen and oxygen atoms in total. The molecule has 0 fully saturated rings. The summed E-state index contributed by atoms with van der Waals surface area (Å²) in [5.74, 6) is 0. The second kappa shape index (κ2) is 8.21. The molecule has 1 N–H and O–H groups in total. The Hall–Kier alpha value is -1.73. The number of ether oxygens (including phenoxy) is 1. The van der Waals surface area contributed by atoms with E-state index < -0.39 is 16.2 Å². The fourth-order valence-electron chi connectivity index (χ4n) is 2.00. The van der Waals surface area contributed by atoms with Gasteiger partial charge >= 0.3 is 0 Å². The molecule has 0 aliphatic carbocycles. The van der Waals surface area contributed by atoms with Crippen LogP contribution in [-0.2, 0) is 25.6 Å². The number of hydrogen-bond acceptors (Lipinski definition) is 5. The van der Waals surface area contributed by atoms with Crippen molar-refractivity contribution in [2.45, 2.75) is 24.5 Å². The first kappa shape index (κ1) is 17.6. The number of hydrogen-bond donors (Lipinski definition) is 1. The summed E-state index contributed by atoms with van der Waals surface area (Å²) in [5, 5.41) is 9.79. The van der Waals surface area contributed by atoms with Crippen molar-refractivity contribution in [1.29, 1.82) is 0 Å². The summed E-state index contributed by atoms with van der Waals surface area (Å²) < 4.78 is 34.4. The van der Waals surface area contributed by atoms with Crippen molar-refractivity contribution >= 4 is 10.1 Å². The molecule has 23 heavy (non-hydrogen) atoms. The van der Waals surface area contributed by atoms with Crippen LogP contribution in [0.5, 0.6) is 0 Å². The zero-order valence-corrected chi connectivity index (χ0v) is 13.7. The van der Waals surface area contributed by atoms with Crippen molar-refractivity contribution in [2.24, 2.45) is 0 Å². The maximum absolute atomic E-state index is 12.1. The Labute approximate surface area is 136 Å². The Bertz CT molecular complexity index is 713. The molecule has 0 aromatic heterocycles. The number of rotatable bonds is 8. The minimum Gasteiger partial charge on any atom is -0.388 e. The number of aryl methyl sites for hydroxylation is 1. The molecule has 2 aromatic carbocycles. The largest absolute Gasteiger partial charge is 0.388 e. The first-order chi connectivity index (χ1) is 11.0. The van der Waals surface area contributed by atoms with Crippen LogP contribution in [0.1, 0.15) is 11.1 Å². The number of benzene rings is 2. The Morgan fingerprint density at radius 2 is 1.65 bits per heavy atom. The average Bonchev–Trinajstić information content (AvgIpc) is 2.54. The minimum atomic E-state index is -3.88. The van der Waals surface area contributed by atoms with Gasteiger partial charge in [0.05, 0.1) is 24.7 Å². The Balaban J connectivity index is 1.80. The van der Waals surface area contributed by atoms with Gasteiger partial charge in [0.1, 0.15) is 6.10 Å². The molecular formula is C17H20O5S. The van der Waals surface area contributed by atoms with E-state index in [4.69, 9.17) is 8.92 Å². The van der Waals surface area contributed by atoms with E-state index in [1.807, 2.05) is 30.3 Å². The third-order valence-electron chi connectivity index (χ3n) is 3.20. The van der Waals surface area contributed by atoms with Crippen LogP contribution in [0.2, 0.25) is 0 Å². The third kappa shape index (κ3) is 5.44. The van der Waals surface area contributed by atoms with Crippen LogP contribution in [0.15, 0.2) is 59.5 Å². The van der Waals surface area contributed by atoms with Gasteiger partial charge in [-0.3, -0.25) is 4.18 Å². The van der Waals surface area contributed by atoms with E-state index in [1.165, 1.54) is 6.07 Å². The molecule has 0 unspecified atom stereocenters. The van der Waals surface area contributed by atoms with Crippen LogP contribution >= 0.6 is 0 Å². The van der Waals surface area contributed by atoms with Crippen molar-refractivity contribution in [3.63, 3.8) is 0 Å². The van der Waals surface area contributed by atoms with Crippen LogP contribution in [0.4, 0.5) is 0 Å². The van der Waals surface area contributed by atoms with Gasteiger partial charge in [-0.1, -0.05) is 48.5 Å². The Kier molecular flexibility index (Phi) is 6.29. The molecule has 2 aromatic rings. The van der Waals surface area contributed by atoms with E-state index in [9.17, 15) is 13.5 Å². The van der Waals surface area contributed by atoms with Gasteiger partial charge in [0.15, 0.2) is 0 Å². The van der Waals surface area contributed by atoms with Crippen molar-refractivity contribution in [3.8, 4) is 0 Å². The standard InChI is InChI=1S/C17H20O5S/c1-14-7-5-6-10-17(14)23(19,20)22-13-16(18)12-21-11-15-8-3-2-4-9-15/h2-10,16,18H,11-13H2,1H3/t16-/m0/s1. The quantitative estimate of drug-likeness (QED) is 0.749. The summed E-state index contributed by atoms with van der Waals surface area (Å²) in [6.45, 7) is 1.70. The molecule has 124 valence electrons. The summed E-state index contributed by atoms with van der Waals surface area (Å²) in [7, 11) is -3.88. The van der Waals surface area contributed by atoms with E-state index in [0.29, 0.717) is 12.2 Å². The highest BCUT2D eigenvalue weighted by atomic mass is 32.2. The highest BCUT2D eigenvalue weighted by Gasteiger charge is 2.19. The van der Waals surface area contributed by atoms with Gasteiger partial charge in [-0.15, -0.1) is 0 Å². The van der Waals surface area contributed by atoms with E-state index in [0.717, 1.165) is 5.56 Å². The Morgan fingerprint density at radius 3 is 2.35 bits per heavy atom. The van der Waals surface area contributed by atoms with Crippen LogP contribution in [0.25, 0.3) is 0 Å². The van der Waals surface area contributed by atoms with E-state index >= 15 is 0 Å². The molecular weight excluding hydrogens is 316 g/mol. The summed E-state index contributed by atoms with van der Waals surface area (Å²) >= 11 is 0. The molecule has 0 aliphatic heterocycles. The monoisotopic (exact) mass is 336 g/mol. The molecule has 0 bridgehead atoms. The number of aliphatic hydroxyl groups excluding tert-OH is 1. The molecule has 0 amide bonds. The lowest BCUT2D eigenvalue weighted by Gasteiger charge is -2.13. The lowest BCUT2D eigenvalue weighted by Crippen LogP contribution is -2.24. The van der Waals surface area contributed by atoms with Crippen LogP contribution in [-0.4, -0.2) is 32.8 Å². The molecule has 2 rings (SSSR count). The topological polar surface area (TPSA) is 72.8 Å². The fourth-order valence-corrected chi connectivity index (χ4v) is 3.17. The third-order valence-corrected chi connectivity index (χ3v) is 4.64. The smallest absolute Gasteiger partial charge is 0.297 e. The molecule has 0 radical (unpaired) electrons. The maximum Gasteiger partial charge on any atom is 0.297 e. The van der Waals surface area contributed by atoms with Crippen molar-refractivity contribution in [1.82, 2.24) is 0 Å². The van der Waals surface area contributed by atoms with Crippen LogP contribution < -0.4 is 0 Å². The molecule has 0 saturated heterocycles. The average molecular weight is 336 g/mol. The molecule has 0 saturated carbocycles. The van der Waals surface area contributed by atoms with Gasteiger partial charge in [0.25, 0.3) is 10.1 Å². The molecule has 0 heterocycles. The van der Waals surface area contributed by atoms with Gasteiger partial charge in [-0.25, -0.2) is 0 Å². The first-order valence-corrected chi connectivity index (χ1v) is 8.64. The van der Waals surface area contributed by atoms with Crippen molar-refractivity contribution in [2.75, 3.05) is 13.2 Å². The van der Waals surface area contributed by atoms with Gasteiger partial charge < -0.3 is 9.84 Å². The summed E-state index contributed by atoms with van der Waals surface area (Å²) in [6.07, 6.45) is -1.02. The predicted octanol–water partition coefficient (Wildman–Crippen LogP) is 2.28. The summed E-state index contributed by atoms with van der Waals surface area (Å²) in [4.78, 5) is 0.109. The zero-order chi connectivity index (χ0) is 16.7. The normalized spacial score (nSPS) is 13.0. The summed E-state index contributed by atoms with van der Waals surface area (Å²) in [5.41, 5.74) is 1.58. The Morgan fingerprint density at radius 1 is 1.00 bits per heavy atom. The van der Waals surface area contributed by atoms with Gasteiger partial charge in [0.2, 0.25) is 0 Å². The minimum absolute atomic E-state index is 0.00180. The predicted molar refractivity (Wildman–Crippen MR) is 86.4 cm³/mol. The van der Waals surface area contributed by atoms with Gasteiger partial charge in [0, 0.05) is 0 Å². The van der Waals surface area contributed by atoms with Crippen LogP contribution in [0, 0.1) is 6.92 Å². The van der Waals surface area contributed by atoms with Gasteiger partial charge in [-0.05, 0) is 24.1 Å². The van der Waals surface area contributed by atoms with E-state index in [1.54, 1.807) is 25.1 Å². The fraction of sp³-hybridized carbons (Fsp3) is 0.294. The molecule has 0 spiro atoms.